The standard InChI is InChI=1S/C18H21ClN4O4S/c1-3-7-20-17(24)14-11-28-16(21-14)10-22(8-4-2)18(25)12-5-6-13(19)15(9-12)23(26)27/h5-6,9,11H,3-4,7-8,10H2,1-2H3,(H,20,24). The lowest BCUT2D eigenvalue weighted by atomic mass is 10.1. The molecule has 0 bridgehead atoms. The van der Waals surface area contributed by atoms with Gasteiger partial charge in [-0.15, -0.1) is 11.3 Å². The fraction of sp³-hybridized carbons (Fsp3) is 0.389. The van der Waals surface area contributed by atoms with Crippen LogP contribution in [0.1, 0.15) is 52.5 Å². The second-order valence-electron chi connectivity index (χ2n) is 6.03. The normalized spacial score (nSPS) is 10.5. The minimum absolute atomic E-state index is 0.0220. The van der Waals surface area contributed by atoms with Gasteiger partial charge in [-0.3, -0.25) is 19.7 Å². The van der Waals surface area contributed by atoms with Crippen molar-refractivity contribution in [3.05, 3.63) is 55.0 Å². The Morgan fingerprint density at radius 1 is 1.32 bits per heavy atom. The molecule has 0 aliphatic heterocycles. The molecule has 2 amide bonds. The number of carbonyl (C=O) groups excluding carboxylic acids is 2. The number of hydrogen-bond donors (Lipinski definition) is 1. The molecule has 0 unspecified atom stereocenters. The number of nitrogens with one attached hydrogen (secondary N) is 1. The molecule has 0 aliphatic carbocycles. The fourth-order valence-corrected chi connectivity index (χ4v) is 3.45. The summed E-state index contributed by atoms with van der Waals surface area (Å²) in [6, 6.07) is 3.99. The van der Waals surface area contributed by atoms with Crippen LogP contribution in [0.15, 0.2) is 23.6 Å². The van der Waals surface area contributed by atoms with Gasteiger partial charge >= 0.3 is 0 Å². The van der Waals surface area contributed by atoms with Gasteiger partial charge in [0.1, 0.15) is 15.7 Å². The predicted octanol–water partition coefficient (Wildman–Crippen LogP) is 3.90. The second kappa shape index (κ2) is 10.1. The average Bonchev–Trinajstić information content (AvgIpc) is 3.14. The van der Waals surface area contributed by atoms with Crippen LogP contribution in [0.4, 0.5) is 5.69 Å². The number of nitro benzene ring substituents is 1. The van der Waals surface area contributed by atoms with Crippen LogP contribution in [0, 0.1) is 10.1 Å². The fourth-order valence-electron chi connectivity index (χ4n) is 2.47. The summed E-state index contributed by atoms with van der Waals surface area (Å²) in [5.41, 5.74) is 0.189. The molecule has 1 aromatic carbocycles. The highest BCUT2D eigenvalue weighted by atomic mass is 35.5. The van der Waals surface area contributed by atoms with E-state index in [2.05, 4.69) is 10.3 Å². The van der Waals surface area contributed by atoms with Crippen molar-refractivity contribution in [3.63, 3.8) is 0 Å². The maximum Gasteiger partial charge on any atom is 0.288 e. The van der Waals surface area contributed by atoms with E-state index in [0.717, 1.165) is 6.42 Å². The van der Waals surface area contributed by atoms with Gasteiger partial charge in [0.25, 0.3) is 17.5 Å². The molecular weight excluding hydrogens is 404 g/mol. The zero-order valence-corrected chi connectivity index (χ0v) is 17.2. The van der Waals surface area contributed by atoms with Crippen molar-refractivity contribution in [3.8, 4) is 0 Å². The van der Waals surface area contributed by atoms with Gasteiger partial charge in [0.05, 0.1) is 11.5 Å². The third-order valence-electron chi connectivity index (χ3n) is 3.82. The molecule has 10 heteroatoms. The Bertz CT molecular complexity index is 871. The monoisotopic (exact) mass is 424 g/mol. The van der Waals surface area contributed by atoms with E-state index in [1.807, 2.05) is 13.8 Å². The molecular formula is C18H21ClN4O4S. The van der Waals surface area contributed by atoms with E-state index in [9.17, 15) is 19.7 Å². The quantitative estimate of drug-likeness (QED) is 0.485. The molecule has 1 aromatic heterocycles. The highest BCUT2D eigenvalue weighted by Gasteiger charge is 2.22. The van der Waals surface area contributed by atoms with Crippen LogP contribution < -0.4 is 5.32 Å². The second-order valence-corrected chi connectivity index (χ2v) is 7.38. The van der Waals surface area contributed by atoms with E-state index in [4.69, 9.17) is 11.6 Å². The topological polar surface area (TPSA) is 105 Å². The van der Waals surface area contributed by atoms with Gasteiger partial charge in [0.15, 0.2) is 0 Å². The molecule has 0 radical (unpaired) electrons. The van der Waals surface area contributed by atoms with Gasteiger partial charge in [0.2, 0.25) is 0 Å². The largest absolute Gasteiger partial charge is 0.351 e. The summed E-state index contributed by atoms with van der Waals surface area (Å²) in [5, 5.41) is 16.1. The number of benzene rings is 1. The molecule has 0 fully saturated rings. The Hall–Kier alpha value is -2.52. The Labute approximate surface area is 171 Å². The van der Waals surface area contributed by atoms with Crippen LogP contribution in [-0.2, 0) is 6.54 Å². The first-order valence-electron chi connectivity index (χ1n) is 8.83. The third-order valence-corrected chi connectivity index (χ3v) is 4.97. The molecule has 1 N–H and O–H groups in total. The zero-order chi connectivity index (χ0) is 20.7. The van der Waals surface area contributed by atoms with Crippen molar-refractivity contribution < 1.29 is 14.5 Å². The van der Waals surface area contributed by atoms with Crippen molar-refractivity contribution in [2.75, 3.05) is 13.1 Å². The maximum absolute atomic E-state index is 12.9. The molecule has 0 spiro atoms. The molecule has 2 rings (SSSR count). The Morgan fingerprint density at radius 3 is 2.71 bits per heavy atom. The number of hydrogen-bond acceptors (Lipinski definition) is 6. The first-order chi connectivity index (χ1) is 13.4. The van der Waals surface area contributed by atoms with Gasteiger partial charge < -0.3 is 10.2 Å². The van der Waals surface area contributed by atoms with Gasteiger partial charge in [-0.1, -0.05) is 25.4 Å². The number of amides is 2. The lowest BCUT2D eigenvalue weighted by molar-refractivity contribution is -0.384. The minimum Gasteiger partial charge on any atom is -0.351 e. The van der Waals surface area contributed by atoms with Crippen LogP contribution >= 0.6 is 22.9 Å². The van der Waals surface area contributed by atoms with Gasteiger partial charge in [0, 0.05) is 30.1 Å². The lowest BCUT2D eigenvalue weighted by Crippen LogP contribution is -2.31. The van der Waals surface area contributed by atoms with Crippen molar-refractivity contribution in [1.82, 2.24) is 15.2 Å². The van der Waals surface area contributed by atoms with Crippen molar-refractivity contribution in [2.45, 2.75) is 33.2 Å². The molecule has 2 aromatic rings. The van der Waals surface area contributed by atoms with E-state index in [1.165, 1.54) is 29.5 Å². The van der Waals surface area contributed by atoms with Crippen LogP contribution in [0.25, 0.3) is 0 Å². The smallest absolute Gasteiger partial charge is 0.288 e. The summed E-state index contributed by atoms with van der Waals surface area (Å²) < 4.78 is 0. The molecule has 28 heavy (non-hydrogen) atoms. The van der Waals surface area contributed by atoms with Crippen LogP contribution in [0.3, 0.4) is 0 Å². The number of aromatic nitrogens is 1. The summed E-state index contributed by atoms with van der Waals surface area (Å²) in [6.07, 6.45) is 1.53. The van der Waals surface area contributed by atoms with Crippen molar-refractivity contribution >= 4 is 40.4 Å². The Balaban J connectivity index is 2.18. The van der Waals surface area contributed by atoms with Gasteiger partial charge in [-0.25, -0.2) is 4.98 Å². The van der Waals surface area contributed by atoms with Gasteiger partial charge in [-0.2, -0.15) is 0 Å². The van der Waals surface area contributed by atoms with Gasteiger partial charge in [-0.05, 0) is 25.0 Å². The van der Waals surface area contributed by atoms with Crippen molar-refractivity contribution in [1.29, 1.82) is 0 Å². The molecule has 0 saturated carbocycles. The van der Waals surface area contributed by atoms with Crippen molar-refractivity contribution in [2.24, 2.45) is 0 Å². The lowest BCUT2D eigenvalue weighted by Gasteiger charge is -2.21. The van der Waals surface area contributed by atoms with E-state index < -0.39 is 4.92 Å². The summed E-state index contributed by atoms with van der Waals surface area (Å²) in [7, 11) is 0. The van der Waals surface area contributed by atoms with Crippen LogP contribution in [0.2, 0.25) is 5.02 Å². The maximum atomic E-state index is 12.9. The number of thiazole rings is 1. The molecule has 0 atom stereocenters. The SMILES string of the molecule is CCCNC(=O)c1csc(CN(CCC)C(=O)c2ccc(Cl)c([N+](=O)[O-])c2)n1. The number of carbonyl (C=O) groups is 2. The third kappa shape index (κ3) is 5.49. The van der Waals surface area contributed by atoms with E-state index in [-0.39, 0.29) is 34.6 Å². The zero-order valence-electron chi connectivity index (χ0n) is 15.6. The van der Waals surface area contributed by atoms with Crippen LogP contribution in [0.5, 0.6) is 0 Å². The Kier molecular flexibility index (Phi) is 7.89. The number of nitro groups is 1. The highest BCUT2D eigenvalue weighted by Crippen LogP contribution is 2.26. The summed E-state index contributed by atoms with van der Waals surface area (Å²) in [6.45, 7) is 5.13. The summed E-state index contributed by atoms with van der Waals surface area (Å²) >= 11 is 7.12. The molecule has 0 saturated heterocycles. The molecule has 1 heterocycles. The highest BCUT2D eigenvalue weighted by molar-refractivity contribution is 7.09. The minimum atomic E-state index is -0.620. The van der Waals surface area contributed by atoms with E-state index >= 15 is 0 Å². The average molecular weight is 425 g/mol. The number of nitrogens with zero attached hydrogens (tertiary/aromatic N) is 3. The molecule has 8 nitrogen and oxygen atoms in total. The first-order valence-corrected chi connectivity index (χ1v) is 10.1. The molecule has 150 valence electrons. The summed E-state index contributed by atoms with van der Waals surface area (Å²) in [4.78, 5) is 41.2. The number of halogens is 1. The van der Waals surface area contributed by atoms with Crippen LogP contribution in [-0.4, -0.2) is 39.7 Å². The number of rotatable bonds is 9. The van der Waals surface area contributed by atoms with E-state index in [1.54, 1.807) is 10.3 Å². The molecule has 0 aliphatic rings. The van der Waals surface area contributed by atoms with E-state index in [0.29, 0.717) is 30.2 Å². The summed E-state index contributed by atoms with van der Waals surface area (Å²) in [5.74, 6) is -0.597. The first kappa shape index (κ1) is 21.8. The Morgan fingerprint density at radius 2 is 2.07 bits per heavy atom. The predicted molar refractivity (Wildman–Crippen MR) is 108 cm³/mol.